The number of aromatic nitrogens is 3. The maximum atomic E-state index is 6.12. The molecule has 0 aliphatic heterocycles. The Labute approximate surface area is 144 Å². The highest BCUT2D eigenvalue weighted by Crippen LogP contribution is 2.28. The molecule has 2 N–H and O–H groups in total. The fourth-order valence-corrected chi connectivity index (χ4v) is 3.72. The van der Waals surface area contributed by atoms with Crippen LogP contribution in [0.1, 0.15) is 31.9 Å². The number of hydrogen-bond donors (Lipinski definition) is 1. The Kier molecular flexibility index (Phi) is 4.46. The summed E-state index contributed by atoms with van der Waals surface area (Å²) in [7, 11) is 0. The molecule has 0 saturated heterocycles. The molecular weight excluding hydrogens is 324 g/mol. The second-order valence-electron chi connectivity index (χ2n) is 6.39. The molecule has 0 aliphatic rings. The van der Waals surface area contributed by atoms with Crippen LogP contribution in [0.4, 0.5) is 0 Å². The van der Waals surface area contributed by atoms with Gasteiger partial charge < -0.3 is 5.84 Å². The van der Waals surface area contributed by atoms with Crippen molar-refractivity contribution in [2.45, 2.75) is 37.1 Å². The van der Waals surface area contributed by atoms with Crippen LogP contribution in [0, 0.1) is 0 Å². The highest BCUT2D eigenvalue weighted by Gasteiger charge is 2.14. The predicted octanol–water partition coefficient (Wildman–Crippen LogP) is 4.31. The smallest absolute Gasteiger partial charge is 0.210 e. The van der Waals surface area contributed by atoms with E-state index < -0.39 is 0 Å². The summed E-state index contributed by atoms with van der Waals surface area (Å²) in [5, 5.41) is 11.1. The van der Waals surface area contributed by atoms with E-state index in [1.165, 1.54) is 11.1 Å². The zero-order valence-electron chi connectivity index (χ0n) is 13.5. The molecule has 0 bridgehead atoms. The summed E-state index contributed by atoms with van der Waals surface area (Å²) in [6.07, 6.45) is 0. The van der Waals surface area contributed by atoms with Gasteiger partial charge >= 0.3 is 0 Å². The summed E-state index contributed by atoms with van der Waals surface area (Å²) in [6, 6.07) is 12.7. The summed E-state index contributed by atoms with van der Waals surface area (Å²) in [5.41, 5.74) is 2.77. The van der Waals surface area contributed by atoms with Crippen LogP contribution in [-0.2, 0) is 11.2 Å². The van der Waals surface area contributed by atoms with Gasteiger partial charge in [0, 0.05) is 5.75 Å². The molecular formula is C17H20N4S2. The van der Waals surface area contributed by atoms with Crippen molar-refractivity contribution in [1.29, 1.82) is 0 Å². The number of nitrogens with two attached hydrogens (primary N) is 1. The monoisotopic (exact) mass is 344 g/mol. The first-order valence-electron chi connectivity index (χ1n) is 7.42. The van der Waals surface area contributed by atoms with E-state index in [1.807, 2.05) is 17.5 Å². The van der Waals surface area contributed by atoms with E-state index in [9.17, 15) is 0 Å². The summed E-state index contributed by atoms with van der Waals surface area (Å²) in [6.45, 7) is 6.67. The lowest BCUT2D eigenvalue weighted by atomic mass is 9.87. The molecule has 0 spiro atoms. The molecule has 0 fully saturated rings. The third-order valence-corrected chi connectivity index (χ3v) is 5.47. The molecule has 0 unspecified atom stereocenters. The maximum absolute atomic E-state index is 6.12. The maximum Gasteiger partial charge on any atom is 0.210 e. The molecule has 120 valence electrons. The number of nitrogen functional groups attached to an aromatic ring is 1. The average Bonchev–Trinajstić information content (AvgIpc) is 3.14. The first-order valence-corrected chi connectivity index (χ1v) is 9.28. The number of nitrogens with zero attached hydrogens (tertiary/aromatic N) is 3. The minimum Gasteiger partial charge on any atom is -0.335 e. The van der Waals surface area contributed by atoms with Crippen LogP contribution in [-0.4, -0.2) is 14.9 Å². The Bertz CT molecular complexity index is 768. The van der Waals surface area contributed by atoms with Crippen molar-refractivity contribution >= 4 is 23.1 Å². The highest BCUT2D eigenvalue weighted by molar-refractivity contribution is 7.98. The summed E-state index contributed by atoms with van der Waals surface area (Å²) < 4.78 is 1.57. The van der Waals surface area contributed by atoms with Crippen molar-refractivity contribution in [3.05, 3.63) is 52.9 Å². The van der Waals surface area contributed by atoms with Gasteiger partial charge in [0.25, 0.3) is 0 Å². The lowest BCUT2D eigenvalue weighted by molar-refractivity contribution is 0.590. The van der Waals surface area contributed by atoms with Crippen molar-refractivity contribution in [3.8, 4) is 10.7 Å². The minimum atomic E-state index is 0.179. The molecule has 4 nitrogen and oxygen atoms in total. The van der Waals surface area contributed by atoms with Gasteiger partial charge in [-0.1, -0.05) is 62.9 Å². The number of rotatable bonds is 4. The van der Waals surface area contributed by atoms with Crippen LogP contribution in [0.3, 0.4) is 0 Å². The predicted molar refractivity (Wildman–Crippen MR) is 98.2 cm³/mol. The largest absolute Gasteiger partial charge is 0.335 e. The van der Waals surface area contributed by atoms with Gasteiger partial charge in [-0.05, 0) is 28.0 Å². The molecule has 0 saturated carbocycles. The zero-order valence-corrected chi connectivity index (χ0v) is 15.1. The fraction of sp³-hybridized carbons (Fsp3) is 0.294. The first kappa shape index (κ1) is 16.1. The molecule has 0 amide bonds. The van der Waals surface area contributed by atoms with Gasteiger partial charge in [-0.15, -0.1) is 21.5 Å². The van der Waals surface area contributed by atoms with Crippen LogP contribution < -0.4 is 5.84 Å². The van der Waals surface area contributed by atoms with Crippen molar-refractivity contribution in [2.24, 2.45) is 0 Å². The van der Waals surface area contributed by atoms with E-state index in [4.69, 9.17) is 5.84 Å². The first-order chi connectivity index (χ1) is 10.9. The molecule has 0 radical (unpaired) electrons. The molecule has 2 heterocycles. The number of thioether (sulfide) groups is 1. The summed E-state index contributed by atoms with van der Waals surface area (Å²) in [4.78, 5) is 1.03. The fourth-order valence-electron chi connectivity index (χ4n) is 2.20. The summed E-state index contributed by atoms with van der Waals surface area (Å²) in [5.74, 6) is 7.65. The van der Waals surface area contributed by atoms with Gasteiger partial charge in [0.2, 0.25) is 5.16 Å². The SMILES string of the molecule is CC(C)(C)c1ccc(CSc2nnc(-c3cccs3)n2N)cc1. The van der Waals surface area contributed by atoms with Crippen LogP contribution >= 0.6 is 23.1 Å². The normalized spacial score (nSPS) is 11.8. The minimum absolute atomic E-state index is 0.179. The Morgan fingerprint density at radius 3 is 2.48 bits per heavy atom. The van der Waals surface area contributed by atoms with E-state index in [2.05, 4.69) is 55.2 Å². The molecule has 23 heavy (non-hydrogen) atoms. The van der Waals surface area contributed by atoms with E-state index in [1.54, 1.807) is 27.8 Å². The second-order valence-corrected chi connectivity index (χ2v) is 8.28. The number of thiophene rings is 1. The molecule has 0 atom stereocenters. The van der Waals surface area contributed by atoms with Crippen molar-refractivity contribution in [2.75, 3.05) is 5.84 Å². The summed E-state index contributed by atoms with van der Waals surface area (Å²) >= 11 is 3.21. The number of benzene rings is 1. The second kappa shape index (κ2) is 6.37. The van der Waals surface area contributed by atoms with Gasteiger partial charge in [0.1, 0.15) is 0 Å². The van der Waals surface area contributed by atoms with Gasteiger partial charge in [0.05, 0.1) is 4.88 Å². The highest BCUT2D eigenvalue weighted by atomic mass is 32.2. The van der Waals surface area contributed by atoms with Gasteiger partial charge in [-0.2, -0.15) is 0 Å². The van der Waals surface area contributed by atoms with Crippen LogP contribution in [0.5, 0.6) is 0 Å². The molecule has 1 aromatic carbocycles. The quantitative estimate of drug-likeness (QED) is 0.566. The van der Waals surface area contributed by atoms with Crippen molar-refractivity contribution < 1.29 is 0 Å². The number of hydrogen-bond acceptors (Lipinski definition) is 5. The van der Waals surface area contributed by atoms with Gasteiger partial charge in [-0.25, -0.2) is 4.68 Å². The standard InChI is InChI=1S/C17H20N4S2/c1-17(2,3)13-8-6-12(7-9-13)11-23-16-20-19-15(21(16)18)14-5-4-10-22-14/h4-10H,11,18H2,1-3H3. The van der Waals surface area contributed by atoms with Gasteiger partial charge in [-0.3, -0.25) is 0 Å². The topological polar surface area (TPSA) is 56.7 Å². The Morgan fingerprint density at radius 1 is 1.13 bits per heavy atom. The van der Waals surface area contributed by atoms with Crippen LogP contribution in [0.2, 0.25) is 0 Å². The van der Waals surface area contributed by atoms with E-state index in [-0.39, 0.29) is 5.41 Å². The Morgan fingerprint density at radius 2 is 1.87 bits per heavy atom. The molecule has 2 aromatic heterocycles. The third-order valence-electron chi connectivity index (χ3n) is 3.59. The molecule has 3 aromatic rings. The van der Waals surface area contributed by atoms with Gasteiger partial charge in [0.15, 0.2) is 5.82 Å². The van der Waals surface area contributed by atoms with Crippen LogP contribution in [0.15, 0.2) is 46.9 Å². The van der Waals surface area contributed by atoms with Crippen molar-refractivity contribution in [1.82, 2.24) is 14.9 Å². The van der Waals surface area contributed by atoms with E-state index in [0.29, 0.717) is 5.82 Å². The molecule has 0 aliphatic carbocycles. The Hall–Kier alpha value is -1.79. The lowest BCUT2D eigenvalue weighted by Gasteiger charge is -2.19. The zero-order chi connectivity index (χ0) is 16.4. The van der Waals surface area contributed by atoms with E-state index in [0.717, 1.165) is 15.8 Å². The Balaban J connectivity index is 1.69. The van der Waals surface area contributed by atoms with Crippen LogP contribution in [0.25, 0.3) is 10.7 Å². The lowest BCUT2D eigenvalue weighted by Crippen LogP contribution is -2.11. The van der Waals surface area contributed by atoms with E-state index >= 15 is 0 Å². The van der Waals surface area contributed by atoms with Crippen molar-refractivity contribution in [3.63, 3.8) is 0 Å². The molecule has 3 rings (SSSR count). The third kappa shape index (κ3) is 3.59. The molecule has 6 heteroatoms. The average molecular weight is 345 g/mol.